The normalized spacial score (nSPS) is 16.3. The standard InChI is InChI=1S/C13H16BrFN2O2/c14-10-1-2-12(15)11(9-10)13(18)16-3-4-17-5-7-19-8-6-17/h1-2,9H,3-8H2,(H,16,18). The van der Waals surface area contributed by atoms with E-state index in [4.69, 9.17) is 4.74 Å². The van der Waals surface area contributed by atoms with Gasteiger partial charge in [0.25, 0.3) is 5.91 Å². The van der Waals surface area contributed by atoms with Crippen LogP contribution in [-0.2, 0) is 4.74 Å². The molecule has 104 valence electrons. The summed E-state index contributed by atoms with van der Waals surface area (Å²) in [4.78, 5) is 14.1. The van der Waals surface area contributed by atoms with E-state index in [1.165, 1.54) is 12.1 Å². The highest BCUT2D eigenvalue weighted by Gasteiger charge is 2.13. The SMILES string of the molecule is O=C(NCCN1CCOCC1)c1cc(Br)ccc1F. The van der Waals surface area contributed by atoms with Crippen molar-refractivity contribution in [2.45, 2.75) is 0 Å². The number of hydrogen-bond donors (Lipinski definition) is 1. The predicted octanol–water partition coefficient (Wildman–Crippen LogP) is 1.65. The van der Waals surface area contributed by atoms with Crippen LogP contribution in [0.15, 0.2) is 22.7 Å². The van der Waals surface area contributed by atoms with Gasteiger partial charge in [-0.25, -0.2) is 4.39 Å². The fourth-order valence-corrected chi connectivity index (χ4v) is 2.28. The minimum absolute atomic E-state index is 0.0661. The van der Waals surface area contributed by atoms with Crippen molar-refractivity contribution in [3.63, 3.8) is 0 Å². The van der Waals surface area contributed by atoms with E-state index in [1.807, 2.05) is 0 Å². The second-order valence-electron chi connectivity index (χ2n) is 4.33. The third kappa shape index (κ3) is 4.26. The molecular weight excluding hydrogens is 315 g/mol. The molecule has 19 heavy (non-hydrogen) atoms. The molecule has 0 aliphatic carbocycles. The number of nitrogens with one attached hydrogen (secondary N) is 1. The number of ether oxygens (including phenoxy) is 1. The number of halogens is 2. The van der Waals surface area contributed by atoms with Crippen molar-refractivity contribution >= 4 is 21.8 Å². The van der Waals surface area contributed by atoms with E-state index in [2.05, 4.69) is 26.1 Å². The van der Waals surface area contributed by atoms with Crippen molar-refractivity contribution in [2.75, 3.05) is 39.4 Å². The maximum atomic E-state index is 13.5. The molecule has 0 unspecified atom stereocenters. The summed E-state index contributed by atoms with van der Waals surface area (Å²) in [5.41, 5.74) is 0.0661. The zero-order valence-corrected chi connectivity index (χ0v) is 12.1. The third-order valence-corrected chi connectivity index (χ3v) is 3.48. The van der Waals surface area contributed by atoms with Crippen molar-refractivity contribution in [1.82, 2.24) is 10.2 Å². The quantitative estimate of drug-likeness (QED) is 0.912. The Morgan fingerprint density at radius 3 is 2.89 bits per heavy atom. The molecular formula is C13H16BrFN2O2. The lowest BCUT2D eigenvalue weighted by atomic mass is 10.2. The summed E-state index contributed by atoms with van der Waals surface area (Å²) in [7, 11) is 0. The maximum Gasteiger partial charge on any atom is 0.254 e. The first kappa shape index (κ1) is 14.4. The summed E-state index contributed by atoms with van der Waals surface area (Å²) in [5, 5.41) is 2.73. The number of amides is 1. The van der Waals surface area contributed by atoms with Crippen LogP contribution < -0.4 is 5.32 Å². The number of nitrogens with zero attached hydrogens (tertiary/aromatic N) is 1. The number of carbonyl (C=O) groups excluding carboxylic acids is 1. The van der Waals surface area contributed by atoms with Gasteiger partial charge in [0, 0.05) is 30.7 Å². The molecule has 1 aromatic carbocycles. The van der Waals surface area contributed by atoms with Crippen molar-refractivity contribution in [2.24, 2.45) is 0 Å². The molecule has 1 amide bonds. The Bertz CT molecular complexity index is 450. The molecule has 0 bridgehead atoms. The zero-order valence-electron chi connectivity index (χ0n) is 10.5. The van der Waals surface area contributed by atoms with Crippen LogP contribution in [0.4, 0.5) is 4.39 Å². The Kier molecular flexibility index (Phi) is 5.30. The summed E-state index contributed by atoms with van der Waals surface area (Å²) in [6, 6.07) is 4.33. The smallest absolute Gasteiger partial charge is 0.254 e. The number of carbonyl (C=O) groups is 1. The first-order chi connectivity index (χ1) is 9.16. The molecule has 0 spiro atoms. The molecule has 1 saturated heterocycles. The van der Waals surface area contributed by atoms with E-state index in [9.17, 15) is 9.18 Å². The highest BCUT2D eigenvalue weighted by molar-refractivity contribution is 9.10. The average Bonchev–Trinajstić information content (AvgIpc) is 2.42. The summed E-state index contributed by atoms with van der Waals surface area (Å²) in [6.07, 6.45) is 0. The first-order valence-electron chi connectivity index (χ1n) is 6.20. The molecule has 1 aromatic rings. The van der Waals surface area contributed by atoms with Crippen molar-refractivity contribution in [1.29, 1.82) is 0 Å². The zero-order chi connectivity index (χ0) is 13.7. The lowest BCUT2D eigenvalue weighted by Gasteiger charge is -2.26. The van der Waals surface area contributed by atoms with Gasteiger partial charge >= 0.3 is 0 Å². The number of hydrogen-bond acceptors (Lipinski definition) is 3. The molecule has 6 heteroatoms. The van der Waals surface area contributed by atoms with E-state index in [-0.39, 0.29) is 11.5 Å². The second-order valence-corrected chi connectivity index (χ2v) is 5.25. The molecule has 1 aliphatic heterocycles. The molecule has 1 heterocycles. The van der Waals surface area contributed by atoms with Crippen LogP contribution >= 0.6 is 15.9 Å². The van der Waals surface area contributed by atoms with Crippen LogP contribution in [0, 0.1) is 5.82 Å². The Morgan fingerprint density at radius 2 is 2.16 bits per heavy atom. The Balaban J connectivity index is 1.82. The van der Waals surface area contributed by atoms with E-state index < -0.39 is 5.82 Å². The van der Waals surface area contributed by atoms with Crippen LogP contribution in [0.1, 0.15) is 10.4 Å². The largest absolute Gasteiger partial charge is 0.379 e. The predicted molar refractivity (Wildman–Crippen MR) is 73.7 cm³/mol. The molecule has 4 nitrogen and oxygen atoms in total. The summed E-state index contributed by atoms with van der Waals surface area (Å²) in [5.74, 6) is -0.890. The van der Waals surface area contributed by atoms with Crippen LogP contribution in [0.5, 0.6) is 0 Å². The molecule has 0 radical (unpaired) electrons. The van der Waals surface area contributed by atoms with Crippen molar-refractivity contribution in [3.8, 4) is 0 Å². The summed E-state index contributed by atoms with van der Waals surface area (Å²) in [6.45, 7) is 4.47. The molecule has 0 aromatic heterocycles. The van der Waals surface area contributed by atoms with Gasteiger partial charge in [0.2, 0.25) is 0 Å². The van der Waals surface area contributed by atoms with Gasteiger partial charge in [0.1, 0.15) is 5.82 Å². The van der Waals surface area contributed by atoms with Gasteiger partial charge in [0.05, 0.1) is 18.8 Å². The Labute approximate surface area is 120 Å². The highest BCUT2D eigenvalue weighted by Crippen LogP contribution is 2.15. The van der Waals surface area contributed by atoms with Crippen molar-refractivity contribution in [3.05, 3.63) is 34.1 Å². The number of rotatable bonds is 4. The molecule has 0 atom stereocenters. The lowest BCUT2D eigenvalue weighted by Crippen LogP contribution is -2.41. The average molecular weight is 331 g/mol. The molecule has 1 aliphatic rings. The van der Waals surface area contributed by atoms with E-state index >= 15 is 0 Å². The topological polar surface area (TPSA) is 41.6 Å². The van der Waals surface area contributed by atoms with Gasteiger partial charge in [-0.3, -0.25) is 9.69 Å². The van der Waals surface area contributed by atoms with Crippen LogP contribution in [0.25, 0.3) is 0 Å². The van der Waals surface area contributed by atoms with Crippen LogP contribution in [0.3, 0.4) is 0 Å². The number of morpholine rings is 1. The van der Waals surface area contributed by atoms with Gasteiger partial charge in [-0.05, 0) is 18.2 Å². The van der Waals surface area contributed by atoms with Gasteiger partial charge < -0.3 is 10.1 Å². The Morgan fingerprint density at radius 1 is 1.42 bits per heavy atom. The first-order valence-corrected chi connectivity index (χ1v) is 6.99. The van der Waals surface area contributed by atoms with E-state index in [1.54, 1.807) is 6.07 Å². The second kappa shape index (κ2) is 6.98. The molecule has 2 rings (SSSR count). The minimum atomic E-state index is -0.507. The van der Waals surface area contributed by atoms with Crippen molar-refractivity contribution < 1.29 is 13.9 Å². The van der Waals surface area contributed by atoms with Crippen LogP contribution in [-0.4, -0.2) is 50.2 Å². The summed E-state index contributed by atoms with van der Waals surface area (Å²) < 4.78 is 19.4. The highest BCUT2D eigenvalue weighted by atomic mass is 79.9. The van der Waals surface area contributed by atoms with Gasteiger partial charge in [-0.15, -0.1) is 0 Å². The number of benzene rings is 1. The minimum Gasteiger partial charge on any atom is -0.379 e. The van der Waals surface area contributed by atoms with Gasteiger partial charge in [0.15, 0.2) is 0 Å². The van der Waals surface area contributed by atoms with Gasteiger partial charge in [-0.1, -0.05) is 15.9 Å². The van der Waals surface area contributed by atoms with Crippen LogP contribution in [0.2, 0.25) is 0 Å². The lowest BCUT2D eigenvalue weighted by molar-refractivity contribution is 0.0383. The fraction of sp³-hybridized carbons (Fsp3) is 0.462. The molecule has 0 saturated carbocycles. The molecule has 1 fully saturated rings. The fourth-order valence-electron chi connectivity index (χ4n) is 1.92. The Hall–Kier alpha value is -0.980. The van der Waals surface area contributed by atoms with Gasteiger partial charge in [-0.2, -0.15) is 0 Å². The monoisotopic (exact) mass is 330 g/mol. The van der Waals surface area contributed by atoms with E-state index in [0.717, 1.165) is 32.8 Å². The maximum absolute atomic E-state index is 13.5. The summed E-state index contributed by atoms with van der Waals surface area (Å²) >= 11 is 3.23. The van der Waals surface area contributed by atoms with E-state index in [0.29, 0.717) is 11.0 Å². The third-order valence-electron chi connectivity index (χ3n) is 2.99. The molecule has 1 N–H and O–H groups in total.